The van der Waals surface area contributed by atoms with Gasteiger partial charge in [0.25, 0.3) is 0 Å². The fraction of sp³-hybridized carbons (Fsp3) is 0.0152. The molecule has 0 saturated heterocycles. The zero-order chi connectivity index (χ0) is 46.7. The summed E-state index contributed by atoms with van der Waals surface area (Å²) in [7, 11) is 0. The van der Waals surface area contributed by atoms with Gasteiger partial charge in [0.15, 0.2) is 0 Å². The van der Waals surface area contributed by atoms with Gasteiger partial charge in [-0.15, -0.1) is 0 Å². The minimum atomic E-state index is 0.828. The molecule has 0 bridgehead atoms. The van der Waals surface area contributed by atoms with E-state index in [1.54, 1.807) is 0 Å². The molecule has 0 saturated carbocycles. The van der Waals surface area contributed by atoms with Gasteiger partial charge in [0.1, 0.15) is 0 Å². The third-order valence-electron chi connectivity index (χ3n) is 13.9. The van der Waals surface area contributed by atoms with E-state index >= 15 is 0 Å². The Bertz CT molecular complexity index is 4010. The maximum absolute atomic E-state index is 5.27. The molecule has 330 valence electrons. The van der Waals surface area contributed by atoms with Crippen molar-refractivity contribution < 1.29 is 0 Å². The Hall–Kier alpha value is -9.25. The summed E-state index contributed by atoms with van der Waals surface area (Å²) in [5.41, 5.74) is 18.6. The van der Waals surface area contributed by atoms with E-state index in [4.69, 9.17) is 11.6 Å². The number of allylic oxidation sites excluding steroid dienone is 2. The van der Waals surface area contributed by atoms with Gasteiger partial charge in [-0.2, -0.15) is 0 Å². The van der Waals surface area contributed by atoms with Crippen LogP contribution in [0.3, 0.4) is 0 Å². The molecular weight excluding hydrogens is 849 g/mol. The van der Waals surface area contributed by atoms with Crippen LogP contribution in [0.2, 0.25) is 0 Å². The third kappa shape index (κ3) is 6.88. The molecule has 0 aliphatic heterocycles. The first-order chi connectivity index (χ1) is 34.6. The first-order valence-electron chi connectivity index (χ1n) is 23.9. The lowest BCUT2D eigenvalue weighted by molar-refractivity contribution is 1.18. The predicted octanol–water partition coefficient (Wildman–Crippen LogP) is 17.3. The van der Waals surface area contributed by atoms with Gasteiger partial charge in [0.2, 0.25) is 0 Å². The van der Waals surface area contributed by atoms with Crippen molar-refractivity contribution in [1.82, 2.24) is 13.7 Å². The molecule has 0 N–H and O–H groups in total. The molecule has 0 radical (unpaired) electrons. The van der Waals surface area contributed by atoms with Gasteiger partial charge in [0.05, 0.1) is 38.8 Å². The number of aliphatic imine (C=N–C) groups is 1. The van der Waals surface area contributed by atoms with Crippen molar-refractivity contribution in [2.45, 2.75) is 6.92 Å². The molecule has 4 nitrogen and oxygen atoms in total. The van der Waals surface area contributed by atoms with Gasteiger partial charge in [-0.25, -0.2) is 0 Å². The second-order valence-electron chi connectivity index (χ2n) is 18.1. The molecule has 0 fully saturated rings. The normalized spacial score (nSPS) is 12.3. The summed E-state index contributed by atoms with van der Waals surface area (Å²) >= 11 is 0. The highest BCUT2D eigenvalue weighted by molar-refractivity contribution is 6.15. The number of fused-ring (bicyclic) bond motifs is 9. The number of hydrogen-bond donors (Lipinski definition) is 0. The molecule has 3 heterocycles. The van der Waals surface area contributed by atoms with Crippen molar-refractivity contribution >= 4 is 82.5 Å². The monoisotopic (exact) mass is 894 g/mol. The maximum atomic E-state index is 5.27. The second kappa shape index (κ2) is 16.8. The summed E-state index contributed by atoms with van der Waals surface area (Å²) in [4.78, 5) is 5.27. The standard InChI is InChI=1S/C66H46N4/c1-44(39-60(47-21-9-4-10-22-47)67-45(2)46-19-7-3-8-20-46)68-63-35-31-50(48-33-37-65-56(40-48)54-27-15-17-29-61(54)69(65)52-23-11-5-12-24-52)42-58(63)59-43-51(32-36-64(59)68)49-34-38-66-57(41-49)55-28-16-18-30-62(55)70(66)53-25-13-6-14-26-53/h3-43H,1H2,2H3/b60-39-,67-45+. The smallest absolute Gasteiger partial charge is 0.0726 e. The zero-order valence-electron chi connectivity index (χ0n) is 38.7. The lowest BCUT2D eigenvalue weighted by Crippen LogP contribution is -1.98. The third-order valence-corrected chi connectivity index (χ3v) is 13.9. The van der Waals surface area contributed by atoms with E-state index in [1.807, 2.05) is 12.1 Å². The van der Waals surface area contributed by atoms with Crippen LogP contribution in [0.5, 0.6) is 0 Å². The van der Waals surface area contributed by atoms with E-state index in [-0.39, 0.29) is 0 Å². The number of hydrogen-bond acceptors (Lipinski definition) is 1. The van der Waals surface area contributed by atoms with Gasteiger partial charge in [-0.05, 0) is 126 Å². The lowest BCUT2D eigenvalue weighted by Gasteiger charge is -2.12. The van der Waals surface area contributed by atoms with Crippen LogP contribution in [-0.4, -0.2) is 19.4 Å². The van der Waals surface area contributed by atoms with Crippen LogP contribution in [0, 0.1) is 0 Å². The fourth-order valence-electron chi connectivity index (χ4n) is 10.6. The summed E-state index contributed by atoms with van der Waals surface area (Å²) in [6.45, 7) is 6.87. The van der Waals surface area contributed by atoms with E-state index in [0.29, 0.717) is 0 Å². The van der Waals surface area contributed by atoms with Crippen LogP contribution in [0.25, 0.3) is 110 Å². The van der Waals surface area contributed by atoms with Gasteiger partial charge < -0.3 is 13.7 Å². The summed E-state index contributed by atoms with van der Waals surface area (Å²) in [6, 6.07) is 87.2. The Morgan fingerprint density at radius 1 is 0.357 bits per heavy atom. The minimum Gasteiger partial charge on any atom is -0.310 e. The predicted molar refractivity (Wildman–Crippen MR) is 297 cm³/mol. The molecule has 70 heavy (non-hydrogen) atoms. The van der Waals surface area contributed by atoms with Crippen molar-refractivity contribution in [3.8, 4) is 33.6 Å². The highest BCUT2D eigenvalue weighted by atomic mass is 15.0. The van der Waals surface area contributed by atoms with Crippen molar-refractivity contribution in [1.29, 1.82) is 0 Å². The molecule has 0 aliphatic rings. The first kappa shape index (κ1) is 41.0. The fourth-order valence-corrected chi connectivity index (χ4v) is 10.6. The zero-order valence-corrected chi connectivity index (χ0v) is 38.7. The summed E-state index contributed by atoms with van der Waals surface area (Å²) in [6.07, 6.45) is 2.13. The molecule has 13 rings (SSSR count). The molecule has 0 atom stereocenters. The highest BCUT2D eigenvalue weighted by Gasteiger charge is 2.19. The SMILES string of the molecule is C=C(/C=C(\N=C(/C)c1ccccc1)c1ccccc1)n1c2ccc(-c3ccc4c(c3)c3ccccc3n4-c3ccccc3)cc2c2cc(-c3ccc4c(c3)c3ccccc3n4-c3ccccc3)ccc21. The molecule has 3 aromatic heterocycles. The molecule has 0 aliphatic carbocycles. The molecular formula is C66H46N4. The van der Waals surface area contributed by atoms with Crippen molar-refractivity contribution in [2.24, 2.45) is 4.99 Å². The van der Waals surface area contributed by atoms with Gasteiger partial charge in [0, 0.05) is 60.7 Å². The van der Waals surface area contributed by atoms with Crippen molar-refractivity contribution in [3.63, 3.8) is 0 Å². The van der Waals surface area contributed by atoms with Gasteiger partial charge in [-0.1, -0.05) is 164 Å². The number of nitrogens with zero attached hydrogens (tertiary/aromatic N) is 4. The molecule has 0 unspecified atom stereocenters. The highest BCUT2D eigenvalue weighted by Crippen LogP contribution is 2.41. The molecule has 0 spiro atoms. The molecule has 10 aromatic carbocycles. The number of aromatic nitrogens is 3. The van der Waals surface area contributed by atoms with Crippen LogP contribution in [0.15, 0.2) is 260 Å². The van der Waals surface area contributed by atoms with Crippen LogP contribution < -0.4 is 0 Å². The molecule has 4 heteroatoms. The van der Waals surface area contributed by atoms with Crippen LogP contribution in [0.4, 0.5) is 0 Å². The van der Waals surface area contributed by atoms with Crippen molar-refractivity contribution in [2.75, 3.05) is 0 Å². The number of rotatable bonds is 9. The summed E-state index contributed by atoms with van der Waals surface area (Å²) in [5.74, 6) is 0. The van der Waals surface area contributed by atoms with E-state index in [0.717, 1.165) is 72.5 Å². The van der Waals surface area contributed by atoms with Crippen LogP contribution in [-0.2, 0) is 0 Å². The van der Waals surface area contributed by atoms with Crippen molar-refractivity contribution in [3.05, 3.63) is 266 Å². The largest absolute Gasteiger partial charge is 0.310 e. The van der Waals surface area contributed by atoms with Crippen LogP contribution in [0.1, 0.15) is 18.1 Å². The van der Waals surface area contributed by atoms with Gasteiger partial charge in [-0.3, -0.25) is 4.99 Å². The summed E-state index contributed by atoms with van der Waals surface area (Å²) in [5, 5.41) is 7.23. The van der Waals surface area contributed by atoms with Crippen LogP contribution >= 0.6 is 0 Å². The minimum absolute atomic E-state index is 0.828. The quantitative estimate of drug-likeness (QED) is 0.102. The molecule has 13 aromatic rings. The average Bonchev–Trinajstić information content (AvgIpc) is 4.06. The van der Waals surface area contributed by atoms with E-state index in [2.05, 4.69) is 257 Å². The Morgan fingerprint density at radius 3 is 1.14 bits per heavy atom. The average molecular weight is 895 g/mol. The Balaban J connectivity index is 1.00. The Morgan fingerprint density at radius 2 is 0.700 bits per heavy atom. The van der Waals surface area contributed by atoms with Gasteiger partial charge >= 0.3 is 0 Å². The topological polar surface area (TPSA) is 27.1 Å². The first-order valence-corrected chi connectivity index (χ1v) is 23.9. The Kier molecular flexibility index (Phi) is 9.84. The molecule has 0 amide bonds. The summed E-state index contributed by atoms with van der Waals surface area (Å²) < 4.78 is 7.05. The van der Waals surface area contributed by atoms with E-state index in [1.165, 1.54) is 54.7 Å². The maximum Gasteiger partial charge on any atom is 0.0726 e. The number of para-hydroxylation sites is 4. The van der Waals surface area contributed by atoms with E-state index in [9.17, 15) is 0 Å². The second-order valence-corrected chi connectivity index (χ2v) is 18.1. The Labute approximate surface area is 406 Å². The van der Waals surface area contributed by atoms with E-state index < -0.39 is 0 Å². The lowest BCUT2D eigenvalue weighted by atomic mass is 9.98. The number of benzene rings is 10.